The maximum absolute atomic E-state index is 13.7. The van der Waals surface area contributed by atoms with Gasteiger partial charge in [-0.15, -0.1) is 0 Å². The quantitative estimate of drug-likeness (QED) is 0.389. The van der Waals surface area contributed by atoms with Crippen LogP contribution >= 0.6 is 15.9 Å². The summed E-state index contributed by atoms with van der Waals surface area (Å²) in [4.78, 5) is 0. The molecule has 1 nitrogen and oxygen atoms in total. The summed E-state index contributed by atoms with van der Waals surface area (Å²) in [5, 5.41) is 0.671. The zero-order valence-corrected chi connectivity index (χ0v) is 12.1. The van der Waals surface area contributed by atoms with Crippen molar-refractivity contribution in [1.82, 2.24) is 0 Å². The topological polar surface area (TPSA) is 9.23 Å². The smallest absolute Gasteiger partial charge is 0.305 e. The zero-order chi connectivity index (χ0) is 15.4. The van der Waals surface area contributed by atoms with Crippen molar-refractivity contribution >= 4 is 15.9 Å². The lowest BCUT2D eigenvalue weighted by Crippen LogP contribution is -1.94. The number of rotatable bonds is 4. The van der Waals surface area contributed by atoms with E-state index >= 15 is 0 Å². The third-order valence-corrected chi connectivity index (χ3v) is 3.35. The van der Waals surface area contributed by atoms with Crippen LogP contribution in [0.4, 0.5) is 17.6 Å². The summed E-state index contributed by atoms with van der Waals surface area (Å²) in [6.45, 7) is 0. The Morgan fingerprint density at radius 1 is 1.00 bits per heavy atom. The van der Waals surface area contributed by atoms with Crippen molar-refractivity contribution in [2.24, 2.45) is 0 Å². The number of benzene rings is 2. The second-order valence-corrected chi connectivity index (χ2v) is 4.69. The fourth-order valence-electron chi connectivity index (χ4n) is 1.73. The third kappa shape index (κ3) is 3.85. The average Bonchev–Trinajstić information content (AvgIpc) is 2.46. The van der Waals surface area contributed by atoms with Gasteiger partial charge in [0.25, 0.3) is 0 Å². The van der Waals surface area contributed by atoms with E-state index in [1.807, 2.05) is 12.1 Å². The van der Waals surface area contributed by atoms with Gasteiger partial charge in [0.15, 0.2) is 23.6 Å². The van der Waals surface area contributed by atoms with Crippen LogP contribution in [0.5, 0.6) is 5.75 Å². The van der Waals surface area contributed by atoms with Gasteiger partial charge in [-0.2, -0.15) is 8.78 Å². The van der Waals surface area contributed by atoms with Gasteiger partial charge in [-0.25, -0.2) is 8.78 Å². The highest BCUT2D eigenvalue weighted by molar-refractivity contribution is 9.08. The Labute approximate surface area is 127 Å². The van der Waals surface area contributed by atoms with E-state index in [0.717, 1.165) is 17.7 Å². The molecule has 2 rings (SSSR count). The van der Waals surface area contributed by atoms with Crippen LogP contribution in [0.3, 0.4) is 0 Å². The fraction of sp³-hybridized carbons (Fsp3) is 0.0667. The maximum atomic E-state index is 13.7. The summed E-state index contributed by atoms with van der Waals surface area (Å²) in [5.74, 6) is -2.96. The number of alkyl halides is 1. The van der Waals surface area contributed by atoms with E-state index in [-0.39, 0.29) is 6.26 Å². The largest absolute Gasteiger partial charge is 0.453 e. The van der Waals surface area contributed by atoms with Gasteiger partial charge in [0.2, 0.25) is 0 Å². The predicted molar refractivity (Wildman–Crippen MR) is 75.4 cm³/mol. The van der Waals surface area contributed by atoms with Crippen LogP contribution < -0.4 is 4.74 Å². The lowest BCUT2D eigenvalue weighted by molar-refractivity contribution is 0.344. The van der Waals surface area contributed by atoms with E-state index in [4.69, 9.17) is 0 Å². The van der Waals surface area contributed by atoms with Gasteiger partial charge in [0, 0.05) is 5.33 Å². The van der Waals surface area contributed by atoms with Crippen molar-refractivity contribution < 1.29 is 22.3 Å². The second kappa shape index (κ2) is 6.76. The molecule has 0 aliphatic carbocycles. The number of hydrogen-bond acceptors (Lipinski definition) is 1. The first-order valence-electron chi connectivity index (χ1n) is 5.83. The minimum atomic E-state index is -2.18. The van der Waals surface area contributed by atoms with Crippen molar-refractivity contribution in [1.29, 1.82) is 0 Å². The molecule has 0 spiro atoms. The zero-order valence-electron chi connectivity index (χ0n) is 10.5. The Morgan fingerprint density at radius 3 is 2.05 bits per heavy atom. The third-order valence-electron chi connectivity index (χ3n) is 2.71. The van der Waals surface area contributed by atoms with Crippen LogP contribution in [0, 0.1) is 11.6 Å². The Morgan fingerprint density at radius 2 is 1.57 bits per heavy atom. The highest BCUT2D eigenvalue weighted by Crippen LogP contribution is 2.29. The first-order chi connectivity index (χ1) is 10.0. The van der Waals surface area contributed by atoms with Gasteiger partial charge in [0.1, 0.15) is 0 Å². The summed E-state index contributed by atoms with van der Waals surface area (Å²) >= 11 is 3.30. The molecule has 0 aromatic heterocycles. The Kier molecular flexibility index (Phi) is 5.01. The van der Waals surface area contributed by atoms with Crippen LogP contribution in [-0.2, 0) is 5.33 Å². The molecular formula is C15H9BrF4O. The van der Waals surface area contributed by atoms with Gasteiger partial charge < -0.3 is 4.74 Å². The Bertz CT molecular complexity index is 641. The minimum absolute atomic E-state index is 0.00798. The monoisotopic (exact) mass is 360 g/mol. The molecule has 0 fully saturated rings. The average molecular weight is 361 g/mol. The van der Waals surface area contributed by atoms with Crippen molar-refractivity contribution in [3.63, 3.8) is 0 Å². The lowest BCUT2D eigenvalue weighted by Gasteiger charge is -2.08. The van der Waals surface area contributed by atoms with Gasteiger partial charge in [-0.3, -0.25) is 0 Å². The van der Waals surface area contributed by atoms with Gasteiger partial charge in [-0.1, -0.05) is 40.2 Å². The first-order valence-corrected chi connectivity index (χ1v) is 6.95. The van der Waals surface area contributed by atoms with E-state index < -0.39 is 23.5 Å². The minimum Gasteiger partial charge on any atom is -0.453 e. The first kappa shape index (κ1) is 15.6. The van der Waals surface area contributed by atoms with Crippen LogP contribution in [0.15, 0.2) is 48.7 Å². The SMILES string of the molecule is FC(F)=COc1c(F)cc(-c2ccc(CBr)cc2)cc1F. The Hall–Kier alpha value is -1.82. The number of halogens is 5. The van der Waals surface area contributed by atoms with E-state index in [1.165, 1.54) is 0 Å². The van der Waals surface area contributed by atoms with Crippen LogP contribution in [0.25, 0.3) is 11.1 Å². The second-order valence-electron chi connectivity index (χ2n) is 4.12. The highest BCUT2D eigenvalue weighted by atomic mass is 79.9. The molecule has 0 atom stereocenters. The molecule has 0 aliphatic rings. The maximum Gasteiger partial charge on any atom is 0.305 e. The molecule has 110 valence electrons. The molecule has 21 heavy (non-hydrogen) atoms. The fourth-order valence-corrected chi connectivity index (χ4v) is 2.10. The van der Waals surface area contributed by atoms with Crippen LogP contribution in [0.2, 0.25) is 0 Å². The molecule has 0 saturated heterocycles. The summed E-state index contributed by atoms with van der Waals surface area (Å²) in [6, 6.07) is 9.12. The van der Waals surface area contributed by atoms with Crippen molar-refractivity contribution in [3.05, 3.63) is 65.9 Å². The molecule has 0 radical (unpaired) electrons. The van der Waals surface area contributed by atoms with E-state index in [9.17, 15) is 17.6 Å². The van der Waals surface area contributed by atoms with E-state index in [1.54, 1.807) is 12.1 Å². The van der Waals surface area contributed by atoms with E-state index in [2.05, 4.69) is 20.7 Å². The molecule has 0 aliphatic heterocycles. The van der Waals surface area contributed by atoms with Crippen LogP contribution in [-0.4, -0.2) is 0 Å². The van der Waals surface area contributed by atoms with Gasteiger partial charge in [-0.05, 0) is 28.8 Å². The lowest BCUT2D eigenvalue weighted by atomic mass is 10.0. The summed E-state index contributed by atoms with van der Waals surface area (Å²) in [6.07, 6.45) is -2.19. The van der Waals surface area contributed by atoms with Gasteiger partial charge >= 0.3 is 6.08 Å². The normalized spacial score (nSPS) is 10.3. The van der Waals surface area contributed by atoms with Crippen molar-refractivity contribution in [3.8, 4) is 16.9 Å². The molecule has 0 amide bonds. The highest BCUT2D eigenvalue weighted by Gasteiger charge is 2.13. The molecule has 0 bridgehead atoms. The molecule has 6 heteroatoms. The van der Waals surface area contributed by atoms with E-state index in [0.29, 0.717) is 16.5 Å². The summed E-state index contributed by atoms with van der Waals surface area (Å²) in [7, 11) is 0. The van der Waals surface area contributed by atoms with Gasteiger partial charge in [0.05, 0.1) is 0 Å². The van der Waals surface area contributed by atoms with Crippen molar-refractivity contribution in [2.45, 2.75) is 5.33 Å². The molecule has 0 N–H and O–H groups in total. The number of hydrogen-bond donors (Lipinski definition) is 0. The molecular weight excluding hydrogens is 352 g/mol. The Balaban J connectivity index is 2.36. The number of ether oxygens (including phenoxy) is 1. The molecule has 2 aromatic carbocycles. The van der Waals surface area contributed by atoms with Crippen molar-refractivity contribution in [2.75, 3.05) is 0 Å². The molecule has 2 aromatic rings. The molecule has 0 unspecified atom stereocenters. The summed E-state index contributed by atoms with van der Waals surface area (Å²) < 4.78 is 55.6. The molecule has 0 heterocycles. The molecule has 0 saturated carbocycles. The summed E-state index contributed by atoms with van der Waals surface area (Å²) in [5.41, 5.74) is 1.92. The predicted octanol–water partition coefficient (Wildman–Crippen LogP) is 5.64. The standard InChI is InChI=1S/C15H9BrF4O/c16-7-9-1-3-10(4-2-9)11-5-12(17)15(13(18)6-11)21-8-14(19)20/h1-6,8H,7H2. The van der Waals surface area contributed by atoms with Crippen LogP contribution in [0.1, 0.15) is 5.56 Å².